The first kappa shape index (κ1) is 21.8. The number of carbonyl (C=O) groups is 1. The summed E-state index contributed by atoms with van der Waals surface area (Å²) in [5.74, 6) is 0.274. The van der Waals surface area contributed by atoms with E-state index in [0.717, 1.165) is 67.1 Å². The maximum Gasteiger partial charge on any atom is 0.227 e. The van der Waals surface area contributed by atoms with Crippen LogP contribution in [0.3, 0.4) is 0 Å². The van der Waals surface area contributed by atoms with Crippen molar-refractivity contribution >= 4 is 23.2 Å². The molecule has 0 aliphatic carbocycles. The van der Waals surface area contributed by atoms with Gasteiger partial charge in [0.1, 0.15) is 0 Å². The molecule has 3 aromatic rings. The van der Waals surface area contributed by atoms with E-state index in [1.165, 1.54) is 5.69 Å². The van der Waals surface area contributed by atoms with Gasteiger partial charge in [0.2, 0.25) is 11.9 Å². The normalized spacial score (nSPS) is 13.7. The molecule has 0 unspecified atom stereocenters. The van der Waals surface area contributed by atoms with Crippen LogP contribution in [0.5, 0.6) is 0 Å². The number of amides is 1. The van der Waals surface area contributed by atoms with Crippen LogP contribution in [0.4, 0.5) is 17.3 Å². The van der Waals surface area contributed by atoms with Gasteiger partial charge in [0.15, 0.2) is 0 Å². The summed E-state index contributed by atoms with van der Waals surface area (Å²) in [6, 6.07) is 16.4. The number of aromatic nitrogens is 2. The molecule has 0 radical (unpaired) electrons. The number of carbonyl (C=O) groups excluding carboxylic acids is 1. The predicted molar refractivity (Wildman–Crippen MR) is 128 cm³/mol. The fourth-order valence-electron chi connectivity index (χ4n) is 4.01. The zero-order valence-corrected chi connectivity index (χ0v) is 18.5. The largest absolute Gasteiger partial charge is 0.369 e. The number of aryl methyl sites for hydroxylation is 3. The molecule has 1 amide bonds. The molecule has 7 nitrogen and oxygen atoms in total. The highest BCUT2D eigenvalue weighted by atomic mass is 16.1. The van der Waals surface area contributed by atoms with Crippen LogP contribution in [-0.4, -0.2) is 42.1 Å². The minimum Gasteiger partial charge on any atom is -0.369 e. The van der Waals surface area contributed by atoms with Crippen LogP contribution < -0.4 is 21.3 Å². The molecule has 1 fully saturated rings. The van der Waals surface area contributed by atoms with Gasteiger partial charge in [-0.2, -0.15) is 0 Å². The molecule has 4 rings (SSSR count). The zero-order chi connectivity index (χ0) is 22.3. The van der Waals surface area contributed by atoms with Gasteiger partial charge in [0.05, 0.1) is 6.42 Å². The Hall–Kier alpha value is -3.45. The number of anilines is 3. The van der Waals surface area contributed by atoms with Crippen molar-refractivity contribution in [1.82, 2.24) is 15.3 Å². The fraction of sp³-hybridized carbons (Fsp3) is 0.320. The molecule has 0 atom stereocenters. The van der Waals surface area contributed by atoms with Gasteiger partial charge in [-0.1, -0.05) is 24.3 Å². The molecule has 0 saturated carbocycles. The summed E-state index contributed by atoms with van der Waals surface area (Å²) in [7, 11) is 0. The SMILES string of the molecule is Cc1cnc(Nc2ccc(N3CCNCC3)cc2)nc1CCc1ccccc1CC(N)=O. The van der Waals surface area contributed by atoms with Crippen molar-refractivity contribution in [2.24, 2.45) is 5.73 Å². The Kier molecular flexibility index (Phi) is 6.97. The lowest BCUT2D eigenvalue weighted by Gasteiger charge is -2.29. The molecule has 0 spiro atoms. The van der Waals surface area contributed by atoms with Gasteiger partial charge in [-0.25, -0.2) is 9.97 Å². The lowest BCUT2D eigenvalue weighted by molar-refractivity contribution is -0.117. The Morgan fingerprint density at radius 3 is 2.50 bits per heavy atom. The van der Waals surface area contributed by atoms with E-state index in [-0.39, 0.29) is 12.3 Å². The number of rotatable bonds is 8. The van der Waals surface area contributed by atoms with Crippen molar-refractivity contribution in [3.8, 4) is 0 Å². The fourth-order valence-corrected chi connectivity index (χ4v) is 4.01. The van der Waals surface area contributed by atoms with Crippen LogP contribution in [0.1, 0.15) is 22.4 Å². The van der Waals surface area contributed by atoms with Crippen LogP contribution in [0, 0.1) is 6.92 Å². The van der Waals surface area contributed by atoms with Crippen LogP contribution in [-0.2, 0) is 24.1 Å². The van der Waals surface area contributed by atoms with Gasteiger partial charge in [-0.3, -0.25) is 4.79 Å². The maximum absolute atomic E-state index is 11.4. The van der Waals surface area contributed by atoms with Crippen LogP contribution in [0.2, 0.25) is 0 Å². The lowest BCUT2D eigenvalue weighted by atomic mass is 9.98. The molecule has 7 heteroatoms. The second-order valence-electron chi connectivity index (χ2n) is 8.14. The van der Waals surface area contributed by atoms with Crippen molar-refractivity contribution in [3.05, 3.63) is 77.1 Å². The smallest absolute Gasteiger partial charge is 0.227 e. The molecule has 1 aliphatic rings. The summed E-state index contributed by atoms with van der Waals surface area (Å²) >= 11 is 0. The summed E-state index contributed by atoms with van der Waals surface area (Å²) in [4.78, 5) is 23.0. The molecule has 1 saturated heterocycles. The van der Waals surface area contributed by atoms with E-state index in [4.69, 9.17) is 10.7 Å². The summed E-state index contributed by atoms with van der Waals surface area (Å²) in [6.45, 7) is 6.12. The van der Waals surface area contributed by atoms with Crippen molar-refractivity contribution in [2.45, 2.75) is 26.2 Å². The minimum atomic E-state index is -0.315. The van der Waals surface area contributed by atoms with E-state index in [1.807, 2.05) is 37.4 Å². The first-order chi connectivity index (χ1) is 15.6. The van der Waals surface area contributed by atoms with Gasteiger partial charge in [0, 0.05) is 49.4 Å². The minimum absolute atomic E-state index is 0.260. The summed E-state index contributed by atoms with van der Waals surface area (Å²) in [5.41, 5.74) is 11.7. The highest BCUT2D eigenvalue weighted by Crippen LogP contribution is 2.21. The third-order valence-electron chi connectivity index (χ3n) is 5.80. The Morgan fingerprint density at radius 2 is 1.78 bits per heavy atom. The number of nitrogens with zero attached hydrogens (tertiary/aromatic N) is 3. The number of nitrogens with one attached hydrogen (secondary N) is 2. The van der Waals surface area contributed by atoms with E-state index >= 15 is 0 Å². The second-order valence-corrected chi connectivity index (χ2v) is 8.14. The first-order valence-corrected chi connectivity index (χ1v) is 11.1. The van der Waals surface area contributed by atoms with Gasteiger partial charge >= 0.3 is 0 Å². The average Bonchev–Trinajstić information content (AvgIpc) is 2.81. The molecule has 0 bridgehead atoms. The standard InChI is InChI=1S/C25H30N6O/c1-18-17-28-25(29-21-7-9-22(10-8-21)31-14-12-27-13-15-31)30-23(18)11-6-19-4-2-3-5-20(19)16-24(26)32/h2-5,7-10,17,27H,6,11-16H2,1H3,(H2,26,32)(H,28,29,30). The molecule has 4 N–H and O–H groups in total. The van der Waals surface area contributed by atoms with E-state index in [9.17, 15) is 4.79 Å². The van der Waals surface area contributed by atoms with Gasteiger partial charge in [-0.15, -0.1) is 0 Å². The van der Waals surface area contributed by atoms with Crippen molar-refractivity contribution in [2.75, 3.05) is 36.4 Å². The number of piperazine rings is 1. The lowest BCUT2D eigenvalue weighted by Crippen LogP contribution is -2.43. The maximum atomic E-state index is 11.4. The van der Waals surface area contributed by atoms with Crippen molar-refractivity contribution in [3.63, 3.8) is 0 Å². The molecule has 32 heavy (non-hydrogen) atoms. The van der Waals surface area contributed by atoms with E-state index in [0.29, 0.717) is 5.95 Å². The highest BCUT2D eigenvalue weighted by Gasteiger charge is 2.11. The summed E-state index contributed by atoms with van der Waals surface area (Å²) in [5, 5.41) is 6.70. The van der Waals surface area contributed by atoms with Crippen molar-refractivity contribution < 1.29 is 4.79 Å². The molecular formula is C25H30N6O. The topological polar surface area (TPSA) is 96.2 Å². The third kappa shape index (κ3) is 5.62. The molecule has 2 heterocycles. The van der Waals surface area contributed by atoms with Crippen LogP contribution >= 0.6 is 0 Å². The quantitative estimate of drug-likeness (QED) is 0.509. The molecule has 1 aliphatic heterocycles. The number of nitrogens with two attached hydrogens (primary N) is 1. The Morgan fingerprint density at radius 1 is 1.06 bits per heavy atom. The first-order valence-electron chi connectivity index (χ1n) is 11.1. The number of primary amides is 1. The van der Waals surface area contributed by atoms with Crippen LogP contribution in [0.25, 0.3) is 0 Å². The monoisotopic (exact) mass is 430 g/mol. The molecule has 166 valence electrons. The Labute approximate surface area is 189 Å². The molecule has 1 aromatic heterocycles. The predicted octanol–water partition coefficient (Wildman–Crippen LogP) is 2.75. The van der Waals surface area contributed by atoms with Gasteiger partial charge < -0.3 is 21.3 Å². The zero-order valence-electron chi connectivity index (χ0n) is 18.5. The van der Waals surface area contributed by atoms with Crippen molar-refractivity contribution in [1.29, 1.82) is 0 Å². The Bertz CT molecular complexity index is 1060. The van der Waals surface area contributed by atoms with Crippen LogP contribution in [0.15, 0.2) is 54.7 Å². The highest BCUT2D eigenvalue weighted by molar-refractivity contribution is 5.77. The van der Waals surface area contributed by atoms with E-state index in [2.05, 4.69) is 44.8 Å². The van der Waals surface area contributed by atoms with Gasteiger partial charge in [0.25, 0.3) is 0 Å². The number of hydrogen-bond acceptors (Lipinski definition) is 6. The summed E-state index contributed by atoms with van der Waals surface area (Å²) < 4.78 is 0. The second kappa shape index (κ2) is 10.2. The van der Waals surface area contributed by atoms with Gasteiger partial charge in [-0.05, 0) is 60.7 Å². The number of hydrogen-bond donors (Lipinski definition) is 3. The summed E-state index contributed by atoms with van der Waals surface area (Å²) in [6.07, 6.45) is 3.67. The molecular weight excluding hydrogens is 400 g/mol. The molecule has 2 aromatic carbocycles. The third-order valence-corrected chi connectivity index (χ3v) is 5.80. The Balaban J connectivity index is 1.42. The number of benzene rings is 2. The average molecular weight is 431 g/mol. The van der Waals surface area contributed by atoms with E-state index in [1.54, 1.807) is 0 Å². The van der Waals surface area contributed by atoms with E-state index < -0.39 is 0 Å².